The highest BCUT2D eigenvalue weighted by Crippen LogP contribution is 2.37. The minimum atomic E-state index is -0.428. The maximum Gasteiger partial charge on any atom is 0.109 e. The third-order valence-corrected chi connectivity index (χ3v) is 3.78. The van der Waals surface area contributed by atoms with Gasteiger partial charge in [-0.2, -0.15) is 5.26 Å². The van der Waals surface area contributed by atoms with Crippen molar-refractivity contribution >= 4 is 0 Å². The van der Waals surface area contributed by atoms with Crippen LogP contribution in [0.5, 0.6) is 0 Å². The molecule has 0 bridgehead atoms. The Bertz CT molecular complexity index is 315. The number of hydrogen-bond acceptors (Lipinski definition) is 3. The van der Waals surface area contributed by atoms with Crippen LogP contribution in [-0.4, -0.2) is 18.6 Å². The number of rotatable bonds is 4. The molecule has 1 N–H and O–H groups in total. The first-order valence-corrected chi connectivity index (χ1v) is 5.83. The number of hydrogen-bond donors (Lipinski definition) is 1. The van der Waals surface area contributed by atoms with Crippen molar-refractivity contribution in [3.05, 3.63) is 10.4 Å². The van der Waals surface area contributed by atoms with E-state index in [1.54, 1.807) is 0 Å². The molecule has 1 rings (SSSR count). The van der Waals surface area contributed by atoms with Gasteiger partial charge in [-0.05, 0) is 23.8 Å². The number of nitrogens with zero attached hydrogens (tertiary/aromatic N) is 4. The van der Waals surface area contributed by atoms with E-state index in [9.17, 15) is 5.26 Å². The lowest BCUT2D eigenvalue weighted by atomic mass is 9.69. The average Bonchev–Trinajstić information content (AvgIpc) is 2.30. The zero-order valence-electron chi connectivity index (χ0n) is 9.98. The van der Waals surface area contributed by atoms with E-state index < -0.39 is 5.54 Å². The van der Waals surface area contributed by atoms with Gasteiger partial charge < -0.3 is 0 Å². The molecule has 1 aliphatic carbocycles. The molecule has 0 aromatic rings. The topological polar surface area (TPSA) is 84.6 Å². The van der Waals surface area contributed by atoms with Crippen molar-refractivity contribution in [3.63, 3.8) is 0 Å². The lowest BCUT2D eigenvalue weighted by Gasteiger charge is -2.41. The van der Waals surface area contributed by atoms with E-state index in [0.29, 0.717) is 24.9 Å². The van der Waals surface area contributed by atoms with Crippen molar-refractivity contribution < 1.29 is 0 Å². The van der Waals surface area contributed by atoms with Gasteiger partial charge in [-0.25, -0.2) is 0 Å². The third-order valence-electron chi connectivity index (χ3n) is 3.78. The molecule has 3 unspecified atom stereocenters. The lowest BCUT2D eigenvalue weighted by molar-refractivity contribution is 0.154. The Kier molecular flexibility index (Phi) is 4.60. The van der Waals surface area contributed by atoms with Gasteiger partial charge in [0.15, 0.2) is 0 Å². The number of nitrogens with one attached hydrogen (secondary N) is 1. The van der Waals surface area contributed by atoms with Gasteiger partial charge in [-0.1, -0.05) is 31.8 Å². The molecule has 0 heterocycles. The minimum Gasteiger partial charge on any atom is -0.299 e. The Morgan fingerprint density at radius 1 is 1.62 bits per heavy atom. The molecule has 0 amide bonds. The van der Waals surface area contributed by atoms with Gasteiger partial charge >= 0.3 is 0 Å². The molecule has 0 aromatic carbocycles. The summed E-state index contributed by atoms with van der Waals surface area (Å²) in [6.45, 7) is 5.31. The van der Waals surface area contributed by atoms with E-state index in [-0.39, 0.29) is 0 Å². The van der Waals surface area contributed by atoms with Crippen LogP contribution in [0, 0.1) is 23.2 Å². The van der Waals surface area contributed by atoms with Gasteiger partial charge in [-0.15, -0.1) is 0 Å². The largest absolute Gasteiger partial charge is 0.299 e. The van der Waals surface area contributed by atoms with Crippen molar-refractivity contribution in [2.24, 2.45) is 17.0 Å². The van der Waals surface area contributed by atoms with Gasteiger partial charge in [0.25, 0.3) is 0 Å². The van der Waals surface area contributed by atoms with Gasteiger partial charge in [0.05, 0.1) is 6.07 Å². The van der Waals surface area contributed by atoms with Gasteiger partial charge in [-0.3, -0.25) is 5.32 Å². The van der Waals surface area contributed by atoms with Crippen LogP contribution in [-0.2, 0) is 0 Å². The summed E-state index contributed by atoms with van der Waals surface area (Å²) < 4.78 is 0. The van der Waals surface area contributed by atoms with E-state index in [2.05, 4.69) is 35.3 Å². The number of nitriles is 1. The van der Waals surface area contributed by atoms with E-state index in [0.717, 1.165) is 12.8 Å². The van der Waals surface area contributed by atoms with Crippen LogP contribution in [0.25, 0.3) is 10.4 Å². The zero-order chi connectivity index (χ0) is 12.0. The van der Waals surface area contributed by atoms with Crippen LogP contribution < -0.4 is 5.32 Å². The molecule has 5 nitrogen and oxygen atoms in total. The van der Waals surface area contributed by atoms with Crippen LogP contribution in [0.2, 0.25) is 0 Å². The molecule has 0 spiro atoms. The molecule has 0 aliphatic heterocycles. The highest BCUT2D eigenvalue weighted by atomic mass is 15.1. The lowest BCUT2D eigenvalue weighted by Crippen LogP contribution is -2.54. The molecule has 3 atom stereocenters. The molecule has 1 saturated carbocycles. The Morgan fingerprint density at radius 3 is 3.00 bits per heavy atom. The molecule has 1 aliphatic rings. The van der Waals surface area contributed by atoms with Crippen molar-refractivity contribution in [2.45, 2.75) is 38.6 Å². The van der Waals surface area contributed by atoms with Crippen LogP contribution in [0.15, 0.2) is 5.11 Å². The minimum absolute atomic E-state index is 0.345. The Labute approximate surface area is 96.5 Å². The Morgan fingerprint density at radius 2 is 2.38 bits per heavy atom. The summed E-state index contributed by atoms with van der Waals surface area (Å²) in [6, 6.07) is 2.43. The second-order valence-corrected chi connectivity index (χ2v) is 4.62. The smallest absolute Gasteiger partial charge is 0.109 e. The van der Waals surface area contributed by atoms with E-state index in [1.165, 1.54) is 6.42 Å². The Hall–Kier alpha value is -1.24. The third kappa shape index (κ3) is 2.66. The fourth-order valence-corrected chi connectivity index (χ4v) is 2.49. The molecule has 0 saturated heterocycles. The molecule has 0 aromatic heterocycles. The first-order valence-electron chi connectivity index (χ1n) is 5.83. The van der Waals surface area contributed by atoms with Crippen molar-refractivity contribution in [2.75, 3.05) is 13.1 Å². The highest BCUT2D eigenvalue weighted by molar-refractivity contribution is 5.12. The van der Waals surface area contributed by atoms with E-state index in [1.807, 2.05) is 0 Å². The van der Waals surface area contributed by atoms with Crippen LogP contribution in [0.3, 0.4) is 0 Å². The predicted octanol–water partition coefficient (Wildman–Crippen LogP) is 2.60. The summed E-state index contributed by atoms with van der Waals surface area (Å²) >= 11 is 0. The predicted molar refractivity (Wildman–Crippen MR) is 62.5 cm³/mol. The van der Waals surface area contributed by atoms with Gasteiger partial charge in [0, 0.05) is 18.0 Å². The average molecular weight is 221 g/mol. The standard InChI is InChI=1S/C11H19N5/c1-9-4-3-5-11(8-12,10(9)2)14-6-7-15-16-13/h9-10,14H,3-7H2,1-2H3. The van der Waals surface area contributed by atoms with Crippen molar-refractivity contribution in [1.82, 2.24) is 5.32 Å². The summed E-state index contributed by atoms with van der Waals surface area (Å²) in [5.74, 6) is 0.915. The van der Waals surface area contributed by atoms with E-state index in [4.69, 9.17) is 5.53 Å². The summed E-state index contributed by atoms with van der Waals surface area (Å²) in [5, 5.41) is 16.1. The summed E-state index contributed by atoms with van der Waals surface area (Å²) in [4.78, 5) is 2.70. The highest BCUT2D eigenvalue weighted by Gasteiger charge is 2.41. The van der Waals surface area contributed by atoms with E-state index >= 15 is 0 Å². The molecular formula is C11H19N5. The van der Waals surface area contributed by atoms with Gasteiger partial charge in [0.2, 0.25) is 0 Å². The maximum absolute atomic E-state index is 9.37. The Balaban J connectivity index is 2.61. The quantitative estimate of drug-likeness (QED) is 0.342. The SMILES string of the molecule is CC1CCCC(C#N)(NCCN=[N+]=[N-])C1C. The van der Waals surface area contributed by atoms with Crippen molar-refractivity contribution in [3.8, 4) is 6.07 Å². The second kappa shape index (κ2) is 5.74. The molecule has 1 fully saturated rings. The normalized spacial score (nSPS) is 33.8. The summed E-state index contributed by atoms with van der Waals surface area (Å²) in [6.07, 6.45) is 3.18. The molecule has 16 heavy (non-hydrogen) atoms. The van der Waals surface area contributed by atoms with Crippen LogP contribution in [0.4, 0.5) is 0 Å². The number of azide groups is 1. The first-order chi connectivity index (χ1) is 7.66. The maximum atomic E-state index is 9.37. The summed E-state index contributed by atoms with van der Waals surface area (Å²) in [7, 11) is 0. The van der Waals surface area contributed by atoms with Crippen LogP contribution >= 0.6 is 0 Å². The van der Waals surface area contributed by atoms with Crippen LogP contribution in [0.1, 0.15) is 33.1 Å². The van der Waals surface area contributed by atoms with Crippen molar-refractivity contribution in [1.29, 1.82) is 5.26 Å². The molecule has 5 heteroatoms. The summed E-state index contributed by atoms with van der Waals surface area (Å²) in [5.41, 5.74) is 7.76. The fraction of sp³-hybridized carbons (Fsp3) is 0.909. The molecule has 88 valence electrons. The fourth-order valence-electron chi connectivity index (χ4n) is 2.49. The monoisotopic (exact) mass is 221 g/mol. The second-order valence-electron chi connectivity index (χ2n) is 4.62. The molecule has 0 radical (unpaired) electrons. The molecular weight excluding hydrogens is 202 g/mol. The van der Waals surface area contributed by atoms with Gasteiger partial charge in [0.1, 0.15) is 5.54 Å². The first kappa shape index (κ1) is 12.8. The zero-order valence-corrected chi connectivity index (χ0v) is 9.98.